The maximum absolute atomic E-state index is 12.0. The van der Waals surface area contributed by atoms with Gasteiger partial charge in [0.1, 0.15) is 0 Å². The monoisotopic (exact) mass is 266 g/mol. The van der Waals surface area contributed by atoms with Gasteiger partial charge in [-0.15, -0.1) is 0 Å². The molecule has 5 heteroatoms. The zero-order valence-electron chi connectivity index (χ0n) is 11.5. The summed E-state index contributed by atoms with van der Waals surface area (Å²) in [6.07, 6.45) is 0.535. The zero-order valence-corrected chi connectivity index (χ0v) is 11.5. The molecular weight excluding hydrogens is 244 g/mol. The Bertz CT molecular complexity index is 479. The second-order valence-corrected chi connectivity index (χ2v) is 4.93. The van der Waals surface area contributed by atoms with E-state index in [4.69, 9.17) is 4.74 Å². The second-order valence-electron chi connectivity index (χ2n) is 4.93. The van der Waals surface area contributed by atoms with Gasteiger partial charge in [-0.1, -0.05) is 0 Å². The molecule has 0 spiro atoms. The minimum absolute atomic E-state index is 0. The van der Waals surface area contributed by atoms with Gasteiger partial charge in [-0.05, 0) is 25.5 Å². The maximum Gasteiger partial charge on any atom is 0.223 e. The predicted molar refractivity (Wildman–Crippen MR) is 73.3 cm³/mol. The fourth-order valence-corrected chi connectivity index (χ4v) is 2.33. The Kier molecular flexibility index (Phi) is 4.37. The molecule has 1 aliphatic rings. The summed E-state index contributed by atoms with van der Waals surface area (Å²) in [5.74, 6) is 0.0461. The third-order valence-electron chi connectivity index (χ3n) is 3.36. The molecule has 0 bridgehead atoms. The normalized spacial score (nSPS) is 15.6. The van der Waals surface area contributed by atoms with Crippen molar-refractivity contribution in [2.45, 2.75) is 26.7 Å². The molecule has 1 aliphatic heterocycles. The van der Waals surface area contributed by atoms with Crippen LogP contribution in [0.3, 0.4) is 0 Å². The molecule has 1 aromatic heterocycles. The number of nitrogens with one attached hydrogen (secondary N) is 1. The quantitative estimate of drug-likeness (QED) is 0.844. The maximum atomic E-state index is 12.0. The largest absolute Gasteiger partial charge is 0.378 e. The molecule has 1 fully saturated rings. The van der Waals surface area contributed by atoms with Gasteiger partial charge in [-0.3, -0.25) is 9.59 Å². The predicted octanol–water partition coefficient (Wildman–Crippen LogP) is 1.70. The second kappa shape index (κ2) is 6.02. The molecule has 1 aromatic rings. The topological polar surface area (TPSA) is 62.4 Å². The molecule has 0 radical (unpaired) electrons. The van der Waals surface area contributed by atoms with E-state index in [0.29, 0.717) is 32.0 Å². The molecular formula is C14H22N2O3. The first-order valence-corrected chi connectivity index (χ1v) is 6.63. The Morgan fingerprint density at radius 1 is 1.32 bits per heavy atom. The number of morpholine rings is 1. The number of aromatic amines is 1. The Morgan fingerprint density at radius 3 is 2.58 bits per heavy atom. The number of carbonyl (C=O) groups is 2. The molecule has 2 heterocycles. The SMILES string of the molecule is Cc1cc(C)c(C(=O)CCC(=O)N2CCOCC2)[nH]1.[HH]. The van der Waals surface area contributed by atoms with Crippen LogP contribution in [-0.4, -0.2) is 47.9 Å². The van der Waals surface area contributed by atoms with Crippen LogP contribution in [0.2, 0.25) is 0 Å². The molecule has 1 amide bonds. The highest BCUT2D eigenvalue weighted by atomic mass is 16.5. The van der Waals surface area contributed by atoms with E-state index in [2.05, 4.69) is 4.98 Å². The number of ketones is 1. The Labute approximate surface area is 114 Å². The number of rotatable bonds is 4. The molecule has 1 N–H and O–H groups in total. The van der Waals surface area contributed by atoms with Gasteiger partial charge in [-0.25, -0.2) is 0 Å². The third kappa shape index (κ3) is 3.44. The van der Waals surface area contributed by atoms with Crippen LogP contribution < -0.4 is 0 Å². The zero-order chi connectivity index (χ0) is 13.8. The van der Waals surface area contributed by atoms with E-state index in [0.717, 1.165) is 11.3 Å². The van der Waals surface area contributed by atoms with Crippen molar-refractivity contribution >= 4 is 11.7 Å². The Balaban J connectivity index is 0.00000200. The first-order valence-electron chi connectivity index (χ1n) is 6.63. The van der Waals surface area contributed by atoms with Gasteiger partial charge < -0.3 is 14.6 Å². The fraction of sp³-hybridized carbons (Fsp3) is 0.571. The summed E-state index contributed by atoms with van der Waals surface area (Å²) in [4.78, 5) is 28.8. The lowest BCUT2D eigenvalue weighted by Gasteiger charge is -2.26. The van der Waals surface area contributed by atoms with Gasteiger partial charge in [-0.2, -0.15) is 0 Å². The standard InChI is InChI=1S/C14H20N2O3.H2/c1-10-9-11(2)15-14(10)12(17)3-4-13(18)16-5-7-19-8-6-16;/h9,15H,3-8H2,1-2H3;1H. The molecule has 106 valence electrons. The van der Waals surface area contributed by atoms with E-state index >= 15 is 0 Å². The number of amides is 1. The van der Waals surface area contributed by atoms with Crippen LogP contribution in [-0.2, 0) is 9.53 Å². The summed E-state index contributed by atoms with van der Waals surface area (Å²) in [5.41, 5.74) is 2.55. The lowest BCUT2D eigenvalue weighted by molar-refractivity contribution is -0.135. The van der Waals surface area contributed by atoms with E-state index < -0.39 is 0 Å². The van der Waals surface area contributed by atoms with E-state index in [9.17, 15) is 9.59 Å². The van der Waals surface area contributed by atoms with Crippen LogP contribution in [0.1, 0.15) is 36.0 Å². The minimum atomic E-state index is 0. The van der Waals surface area contributed by atoms with Crippen LogP contribution in [0, 0.1) is 13.8 Å². The Morgan fingerprint density at radius 2 is 2.00 bits per heavy atom. The van der Waals surface area contributed by atoms with Gasteiger partial charge in [0.05, 0.1) is 18.9 Å². The molecule has 5 nitrogen and oxygen atoms in total. The van der Waals surface area contributed by atoms with E-state index in [1.807, 2.05) is 19.9 Å². The molecule has 0 unspecified atom stereocenters. The van der Waals surface area contributed by atoms with Gasteiger partial charge in [0.2, 0.25) is 5.91 Å². The fourth-order valence-electron chi connectivity index (χ4n) is 2.33. The summed E-state index contributed by atoms with van der Waals surface area (Å²) >= 11 is 0. The summed E-state index contributed by atoms with van der Waals surface area (Å²) < 4.78 is 5.20. The van der Waals surface area contributed by atoms with E-state index in [1.165, 1.54) is 0 Å². The number of aromatic nitrogens is 1. The average molecular weight is 266 g/mol. The molecule has 1 saturated heterocycles. The van der Waals surface area contributed by atoms with Crippen LogP contribution in [0.5, 0.6) is 0 Å². The van der Waals surface area contributed by atoms with Crippen molar-refractivity contribution in [1.29, 1.82) is 0 Å². The molecule has 0 atom stereocenters. The van der Waals surface area contributed by atoms with E-state index in [-0.39, 0.29) is 26.0 Å². The first-order chi connectivity index (χ1) is 9.08. The van der Waals surface area contributed by atoms with Crippen LogP contribution in [0.15, 0.2) is 6.07 Å². The third-order valence-corrected chi connectivity index (χ3v) is 3.36. The van der Waals surface area contributed by atoms with Crippen molar-refractivity contribution in [3.63, 3.8) is 0 Å². The molecule has 2 rings (SSSR count). The first kappa shape index (κ1) is 13.8. The lowest BCUT2D eigenvalue weighted by Crippen LogP contribution is -2.40. The number of H-pyrrole nitrogens is 1. The lowest BCUT2D eigenvalue weighted by atomic mass is 10.1. The van der Waals surface area contributed by atoms with Gasteiger partial charge >= 0.3 is 0 Å². The van der Waals surface area contributed by atoms with Crippen LogP contribution >= 0.6 is 0 Å². The van der Waals surface area contributed by atoms with Gasteiger partial charge in [0.15, 0.2) is 5.78 Å². The van der Waals surface area contributed by atoms with Crippen molar-refractivity contribution < 1.29 is 15.8 Å². The number of aryl methyl sites for hydroxylation is 2. The van der Waals surface area contributed by atoms with Crippen molar-refractivity contribution in [3.8, 4) is 0 Å². The number of Topliss-reactive ketones (excluding diaryl/α,β-unsaturated/α-hetero) is 1. The summed E-state index contributed by atoms with van der Waals surface area (Å²) in [6.45, 7) is 6.27. The highest BCUT2D eigenvalue weighted by molar-refractivity contribution is 5.97. The van der Waals surface area contributed by atoms with Crippen molar-refractivity contribution in [2.75, 3.05) is 26.3 Å². The van der Waals surface area contributed by atoms with Crippen molar-refractivity contribution in [3.05, 3.63) is 23.0 Å². The summed E-state index contributed by atoms with van der Waals surface area (Å²) in [6, 6.07) is 1.94. The molecule has 0 aromatic carbocycles. The van der Waals surface area contributed by atoms with Crippen LogP contribution in [0.4, 0.5) is 0 Å². The average Bonchev–Trinajstić information content (AvgIpc) is 2.75. The highest BCUT2D eigenvalue weighted by Crippen LogP contribution is 2.13. The molecule has 0 saturated carbocycles. The molecule has 19 heavy (non-hydrogen) atoms. The van der Waals surface area contributed by atoms with E-state index in [1.54, 1.807) is 4.90 Å². The number of hydrogen-bond acceptors (Lipinski definition) is 3. The van der Waals surface area contributed by atoms with Crippen molar-refractivity contribution in [1.82, 2.24) is 9.88 Å². The smallest absolute Gasteiger partial charge is 0.223 e. The number of hydrogen-bond donors (Lipinski definition) is 1. The van der Waals surface area contributed by atoms with Crippen LogP contribution in [0.25, 0.3) is 0 Å². The summed E-state index contributed by atoms with van der Waals surface area (Å²) in [7, 11) is 0. The molecule has 0 aliphatic carbocycles. The van der Waals surface area contributed by atoms with Crippen molar-refractivity contribution in [2.24, 2.45) is 0 Å². The number of ether oxygens (including phenoxy) is 1. The minimum Gasteiger partial charge on any atom is -0.378 e. The number of carbonyl (C=O) groups excluding carboxylic acids is 2. The van der Waals surface area contributed by atoms with Gasteiger partial charge in [0, 0.05) is 33.1 Å². The Hall–Kier alpha value is -1.62. The summed E-state index contributed by atoms with van der Waals surface area (Å²) in [5, 5.41) is 0. The number of nitrogens with zero attached hydrogens (tertiary/aromatic N) is 1. The van der Waals surface area contributed by atoms with Gasteiger partial charge in [0.25, 0.3) is 0 Å². The highest BCUT2D eigenvalue weighted by Gasteiger charge is 2.19.